The van der Waals surface area contributed by atoms with Crippen LogP contribution in [0, 0.1) is 0 Å². The third-order valence-corrected chi connectivity index (χ3v) is 5.62. The number of halogens is 4. The molecule has 4 rings (SSSR count). The van der Waals surface area contributed by atoms with Gasteiger partial charge >= 0.3 is 6.18 Å². The van der Waals surface area contributed by atoms with Gasteiger partial charge in [-0.2, -0.15) is 18.3 Å². The number of anilines is 1. The largest absolute Gasteiger partial charge is 0.416 e. The number of likely N-dealkylation sites (N-methyl/N-ethyl adjacent to an activating group) is 1. The molecule has 0 saturated heterocycles. The standard InChI is InChI=1S/C24H22ClF3N6/c1-33(2)13-20(15-3-7-18(8-4-15)24(26,27)28)34-12-17(11-32-34)22-21(23(29)31-14-30-22)16-5-9-19(25)10-6-16/h3-12,14,20H,13H2,1-2H3,(H2,29,30,31)/t20-/m1/s1. The third-order valence-electron chi connectivity index (χ3n) is 5.36. The lowest BCUT2D eigenvalue weighted by Gasteiger charge is -2.22. The maximum absolute atomic E-state index is 13.0. The minimum Gasteiger partial charge on any atom is -0.383 e. The van der Waals surface area contributed by atoms with Crippen molar-refractivity contribution in [2.45, 2.75) is 12.2 Å². The fraction of sp³-hybridized carbons (Fsp3) is 0.208. The molecular formula is C24H22ClF3N6. The van der Waals surface area contributed by atoms with E-state index in [1.54, 1.807) is 23.0 Å². The summed E-state index contributed by atoms with van der Waals surface area (Å²) in [5, 5.41) is 5.11. The van der Waals surface area contributed by atoms with Crippen LogP contribution in [0.3, 0.4) is 0 Å². The number of alkyl halides is 3. The van der Waals surface area contributed by atoms with Gasteiger partial charge in [-0.05, 0) is 49.5 Å². The summed E-state index contributed by atoms with van der Waals surface area (Å²) in [5.41, 5.74) is 8.96. The van der Waals surface area contributed by atoms with E-state index in [0.29, 0.717) is 39.8 Å². The molecule has 1 atom stereocenters. The maximum atomic E-state index is 13.0. The summed E-state index contributed by atoms with van der Waals surface area (Å²) < 4.78 is 40.8. The van der Waals surface area contributed by atoms with Crippen LogP contribution in [0.4, 0.5) is 19.0 Å². The van der Waals surface area contributed by atoms with Gasteiger partial charge in [-0.3, -0.25) is 4.68 Å². The van der Waals surface area contributed by atoms with E-state index >= 15 is 0 Å². The van der Waals surface area contributed by atoms with Crippen LogP contribution in [0.2, 0.25) is 5.02 Å². The van der Waals surface area contributed by atoms with Gasteiger partial charge in [0, 0.05) is 23.3 Å². The molecule has 6 nitrogen and oxygen atoms in total. The zero-order valence-electron chi connectivity index (χ0n) is 18.5. The highest BCUT2D eigenvalue weighted by atomic mass is 35.5. The molecule has 0 spiro atoms. The fourth-order valence-corrected chi connectivity index (χ4v) is 3.86. The topological polar surface area (TPSA) is 72.9 Å². The molecule has 0 unspecified atom stereocenters. The van der Waals surface area contributed by atoms with Crippen LogP contribution < -0.4 is 5.73 Å². The van der Waals surface area contributed by atoms with E-state index < -0.39 is 11.7 Å². The minimum absolute atomic E-state index is 0.313. The molecule has 176 valence electrons. The molecule has 10 heteroatoms. The van der Waals surface area contributed by atoms with Crippen LogP contribution in [-0.4, -0.2) is 45.3 Å². The summed E-state index contributed by atoms with van der Waals surface area (Å²) in [6.07, 6.45) is 0.467. The number of nitrogens with two attached hydrogens (primary N) is 1. The average molecular weight is 487 g/mol. The van der Waals surface area contributed by atoms with Crippen LogP contribution in [0.5, 0.6) is 0 Å². The lowest BCUT2D eigenvalue weighted by Crippen LogP contribution is -2.26. The van der Waals surface area contributed by atoms with Gasteiger partial charge in [0.15, 0.2) is 0 Å². The first-order chi connectivity index (χ1) is 16.1. The van der Waals surface area contributed by atoms with E-state index in [0.717, 1.165) is 17.7 Å². The molecule has 34 heavy (non-hydrogen) atoms. The number of benzene rings is 2. The molecule has 2 N–H and O–H groups in total. The lowest BCUT2D eigenvalue weighted by molar-refractivity contribution is -0.137. The molecule has 4 aromatic rings. The maximum Gasteiger partial charge on any atom is 0.416 e. The SMILES string of the molecule is CN(C)C[C@H](c1ccc(C(F)(F)F)cc1)n1cc(-c2ncnc(N)c2-c2ccc(Cl)cc2)cn1. The second-order valence-corrected chi connectivity index (χ2v) is 8.53. The van der Waals surface area contributed by atoms with Crippen molar-refractivity contribution in [2.24, 2.45) is 0 Å². The molecule has 0 fully saturated rings. The zero-order chi connectivity index (χ0) is 24.5. The molecular weight excluding hydrogens is 465 g/mol. The van der Waals surface area contributed by atoms with Crippen LogP contribution >= 0.6 is 11.6 Å². The van der Waals surface area contributed by atoms with Crippen LogP contribution in [0.1, 0.15) is 17.2 Å². The molecule has 0 bridgehead atoms. The summed E-state index contributed by atoms with van der Waals surface area (Å²) >= 11 is 6.03. The first-order valence-corrected chi connectivity index (χ1v) is 10.7. The molecule has 2 aromatic heterocycles. The second-order valence-electron chi connectivity index (χ2n) is 8.10. The molecule has 0 aliphatic heterocycles. The molecule has 0 amide bonds. The van der Waals surface area contributed by atoms with Gasteiger partial charge in [-0.25, -0.2) is 9.97 Å². The number of rotatable bonds is 6. The number of hydrogen-bond acceptors (Lipinski definition) is 5. The van der Waals surface area contributed by atoms with Gasteiger partial charge in [0.2, 0.25) is 0 Å². The molecule has 0 radical (unpaired) electrons. The van der Waals surface area contributed by atoms with E-state index in [9.17, 15) is 13.2 Å². The predicted octanol–water partition coefficient (Wildman–Crippen LogP) is 5.41. The van der Waals surface area contributed by atoms with E-state index in [1.807, 2.05) is 37.3 Å². The fourth-order valence-electron chi connectivity index (χ4n) is 3.73. The van der Waals surface area contributed by atoms with Crippen molar-refractivity contribution in [1.82, 2.24) is 24.6 Å². The smallest absolute Gasteiger partial charge is 0.383 e. The van der Waals surface area contributed by atoms with Crippen molar-refractivity contribution >= 4 is 17.4 Å². The van der Waals surface area contributed by atoms with E-state index in [-0.39, 0.29) is 6.04 Å². The van der Waals surface area contributed by atoms with E-state index in [2.05, 4.69) is 15.1 Å². The quantitative estimate of drug-likeness (QED) is 0.394. The third kappa shape index (κ3) is 5.05. The van der Waals surface area contributed by atoms with Gasteiger partial charge < -0.3 is 10.6 Å². The summed E-state index contributed by atoms with van der Waals surface area (Å²) in [6, 6.07) is 12.0. The minimum atomic E-state index is -4.39. The Labute approximate surface area is 199 Å². The van der Waals surface area contributed by atoms with Crippen LogP contribution in [0.25, 0.3) is 22.4 Å². The number of aromatic nitrogens is 4. The highest BCUT2D eigenvalue weighted by Gasteiger charge is 2.30. The van der Waals surface area contributed by atoms with Gasteiger partial charge in [-0.1, -0.05) is 35.9 Å². The van der Waals surface area contributed by atoms with Crippen molar-refractivity contribution in [3.05, 3.63) is 83.4 Å². The Morgan fingerprint density at radius 3 is 2.29 bits per heavy atom. The summed E-state index contributed by atoms with van der Waals surface area (Å²) in [6.45, 7) is 0.530. The second kappa shape index (κ2) is 9.44. The summed E-state index contributed by atoms with van der Waals surface area (Å²) in [7, 11) is 3.79. The molecule has 0 aliphatic rings. The highest BCUT2D eigenvalue weighted by Crippen LogP contribution is 2.35. The molecule has 0 saturated carbocycles. The Kier molecular flexibility index (Phi) is 6.58. The Morgan fingerprint density at radius 2 is 1.68 bits per heavy atom. The highest BCUT2D eigenvalue weighted by molar-refractivity contribution is 6.30. The van der Waals surface area contributed by atoms with E-state index in [4.69, 9.17) is 17.3 Å². The Hall–Kier alpha value is -3.43. The predicted molar refractivity (Wildman–Crippen MR) is 126 cm³/mol. The monoisotopic (exact) mass is 486 g/mol. The normalized spacial score (nSPS) is 12.8. The van der Waals surface area contributed by atoms with Gasteiger partial charge in [0.25, 0.3) is 0 Å². The molecule has 0 aliphatic carbocycles. The van der Waals surface area contributed by atoms with Crippen molar-refractivity contribution < 1.29 is 13.2 Å². The van der Waals surface area contributed by atoms with Crippen molar-refractivity contribution in [1.29, 1.82) is 0 Å². The van der Waals surface area contributed by atoms with Crippen LogP contribution in [-0.2, 0) is 6.18 Å². The first-order valence-electron chi connectivity index (χ1n) is 10.4. The average Bonchev–Trinajstić information content (AvgIpc) is 3.27. The Balaban J connectivity index is 1.74. The van der Waals surface area contributed by atoms with Crippen molar-refractivity contribution in [2.75, 3.05) is 26.4 Å². The molecule has 2 aromatic carbocycles. The van der Waals surface area contributed by atoms with Crippen molar-refractivity contribution in [3.63, 3.8) is 0 Å². The van der Waals surface area contributed by atoms with Gasteiger partial charge in [-0.15, -0.1) is 0 Å². The van der Waals surface area contributed by atoms with Gasteiger partial charge in [0.1, 0.15) is 12.1 Å². The van der Waals surface area contributed by atoms with E-state index in [1.165, 1.54) is 18.5 Å². The van der Waals surface area contributed by atoms with Gasteiger partial charge in [0.05, 0.1) is 29.1 Å². The Bertz CT molecular complexity index is 1270. The number of hydrogen-bond donors (Lipinski definition) is 1. The first kappa shape index (κ1) is 23.7. The lowest BCUT2D eigenvalue weighted by atomic mass is 10.0. The Morgan fingerprint density at radius 1 is 1.00 bits per heavy atom. The molecule has 2 heterocycles. The van der Waals surface area contributed by atoms with Crippen molar-refractivity contribution in [3.8, 4) is 22.4 Å². The number of nitrogen functional groups attached to an aromatic ring is 1. The summed E-state index contributed by atoms with van der Waals surface area (Å²) in [4.78, 5) is 10.5. The zero-order valence-corrected chi connectivity index (χ0v) is 19.2. The number of nitrogens with zero attached hydrogens (tertiary/aromatic N) is 5. The summed E-state index contributed by atoms with van der Waals surface area (Å²) in [5.74, 6) is 0.313. The van der Waals surface area contributed by atoms with Crippen LogP contribution in [0.15, 0.2) is 67.3 Å².